The maximum atomic E-state index is 10.4. The number of β-amino-alcohol motifs (C(OH)–C–C–N with tert-alkyl or cyclic N) is 1. The smallest absolute Gasteiger partial charge is 0.0791 e. The Morgan fingerprint density at radius 1 is 1.04 bits per heavy atom. The van der Waals surface area contributed by atoms with E-state index in [1.807, 2.05) is 16.9 Å². The van der Waals surface area contributed by atoms with Crippen LogP contribution in [0.4, 0.5) is 0 Å². The predicted molar refractivity (Wildman–Crippen MR) is 107 cm³/mol. The van der Waals surface area contributed by atoms with Gasteiger partial charge in [-0.15, -0.1) is 0 Å². The zero-order chi connectivity index (χ0) is 18.5. The first kappa shape index (κ1) is 17.9. The van der Waals surface area contributed by atoms with Gasteiger partial charge in [-0.05, 0) is 41.3 Å². The predicted octanol–water partition coefficient (Wildman–Crippen LogP) is 2.38. The van der Waals surface area contributed by atoms with Crippen LogP contribution in [0.2, 0.25) is 0 Å². The molecule has 1 aromatic heterocycles. The highest BCUT2D eigenvalue weighted by atomic mass is 16.3. The molecule has 140 valence electrons. The molecule has 1 aliphatic heterocycles. The summed E-state index contributed by atoms with van der Waals surface area (Å²) in [6.45, 7) is 4.00. The minimum Gasteiger partial charge on any atom is -0.390 e. The standard InChI is InChI=1S/C22H26N4O/c27-22(17-25-13-10-19-4-1-2-5-20(19)16-25)15-23-14-18-6-8-21(9-7-18)26-12-3-11-24-26/h1-9,11-12,22-23,27H,10,13-17H2. The summed E-state index contributed by atoms with van der Waals surface area (Å²) in [5.74, 6) is 0. The Morgan fingerprint density at radius 3 is 2.63 bits per heavy atom. The van der Waals surface area contributed by atoms with Gasteiger partial charge in [0.25, 0.3) is 0 Å². The van der Waals surface area contributed by atoms with Crippen LogP contribution < -0.4 is 5.32 Å². The molecule has 0 saturated carbocycles. The maximum absolute atomic E-state index is 10.4. The van der Waals surface area contributed by atoms with Gasteiger partial charge in [0.15, 0.2) is 0 Å². The van der Waals surface area contributed by atoms with E-state index < -0.39 is 0 Å². The van der Waals surface area contributed by atoms with Gasteiger partial charge >= 0.3 is 0 Å². The lowest BCUT2D eigenvalue weighted by Crippen LogP contribution is -2.40. The molecular formula is C22H26N4O. The number of rotatable bonds is 7. The van der Waals surface area contributed by atoms with Crippen molar-refractivity contribution in [2.45, 2.75) is 25.6 Å². The lowest BCUT2D eigenvalue weighted by Gasteiger charge is -2.30. The van der Waals surface area contributed by atoms with Crippen LogP contribution in [0.15, 0.2) is 67.0 Å². The van der Waals surface area contributed by atoms with Crippen LogP contribution in [0.5, 0.6) is 0 Å². The molecule has 3 aromatic rings. The summed E-state index contributed by atoms with van der Waals surface area (Å²) in [6, 6.07) is 18.8. The van der Waals surface area contributed by atoms with Crippen LogP contribution >= 0.6 is 0 Å². The molecule has 4 rings (SSSR count). The highest BCUT2D eigenvalue weighted by Gasteiger charge is 2.18. The highest BCUT2D eigenvalue weighted by Crippen LogP contribution is 2.18. The molecule has 0 spiro atoms. The maximum Gasteiger partial charge on any atom is 0.0791 e. The van der Waals surface area contributed by atoms with Crippen molar-refractivity contribution in [2.75, 3.05) is 19.6 Å². The second-order valence-corrected chi connectivity index (χ2v) is 7.16. The number of hydrogen-bond donors (Lipinski definition) is 2. The molecule has 1 unspecified atom stereocenters. The first-order chi connectivity index (χ1) is 13.3. The monoisotopic (exact) mass is 362 g/mol. The van der Waals surface area contributed by atoms with E-state index in [4.69, 9.17) is 0 Å². The van der Waals surface area contributed by atoms with Crippen molar-refractivity contribution in [1.29, 1.82) is 0 Å². The van der Waals surface area contributed by atoms with E-state index in [-0.39, 0.29) is 6.10 Å². The minimum absolute atomic E-state index is 0.362. The van der Waals surface area contributed by atoms with E-state index in [0.717, 1.165) is 31.7 Å². The lowest BCUT2D eigenvalue weighted by molar-refractivity contribution is 0.104. The Balaban J connectivity index is 1.21. The van der Waals surface area contributed by atoms with Gasteiger partial charge in [0.1, 0.15) is 0 Å². The molecule has 2 N–H and O–H groups in total. The zero-order valence-electron chi connectivity index (χ0n) is 15.5. The summed E-state index contributed by atoms with van der Waals surface area (Å²) in [6.07, 6.45) is 4.41. The van der Waals surface area contributed by atoms with Crippen molar-refractivity contribution in [1.82, 2.24) is 20.0 Å². The minimum atomic E-state index is -0.362. The molecule has 0 saturated heterocycles. The number of benzene rings is 2. The average Bonchev–Trinajstić information content (AvgIpc) is 3.23. The second kappa shape index (κ2) is 8.48. The fourth-order valence-electron chi connectivity index (χ4n) is 3.64. The Bertz CT molecular complexity index is 845. The molecule has 2 aromatic carbocycles. The number of aliphatic hydroxyl groups excluding tert-OH is 1. The molecule has 0 bridgehead atoms. The van der Waals surface area contributed by atoms with Crippen LogP contribution in [0.25, 0.3) is 5.69 Å². The number of nitrogens with zero attached hydrogens (tertiary/aromatic N) is 3. The van der Waals surface area contributed by atoms with Crippen molar-refractivity contribution in [3.05, 3.63) is 83.7 Å². The second-order valence-electron chi connectivity index (χ2n) is 7.16. The third-order valence-electron chi connectivity index (χ3n) is 5.09. The molecule has 0 amide bonds. The summed E-state index contributed by atoms with van der Waals surface area (Å²) in [5.41, 5.74) is 5.08. The molecule has 0 fully saturated rings. The van der Waals surface area contributed by atoms with E-state index in [0.29, 0.717) is 13.1 Å². The summed E-state index contributed by atoms with van der Waals surface area (Å²) < 4.78 is 1.84. The molecule has 0 aliphatic carbocycles. The van der Waals surface area contributed by atoms with E-state index in [2.05, 4.69) is 63.8 Å². The fraction of sp³-hybridized carbons (Fsp3) is 0.318. The van der Waals surface area contributed by atoms with E-state index in [1.165, 1.54) is 16.7 Å². The zero-order valence-corrected chi connectivity index (χ0v) is 15.5. The topological polar surface area (TPSA) is 53.3 Å². The van der Waals surface area contributed by atoms with Crippen molar-refractivity contribution < 1.29 is 5.11 Å². The van der Waals surface area contributed by atoms with Gasteiger partial charge in [-0.2, -0.15) is 5.10 Å². The lowest BCUT2D eigenvalue weighted by atomic mass is 10.00. The van der Waals surface area contributed by atoms with Crippen LogP contribution in [-0.2, 0) is 19.5 Å². The van der Waals surface area contributed by atoms with Crippen molar-refractivity contribution >= 4 is 0 Å². The van der Waals surface area contributed by atoms with Crippen LogP contribution in [0.1, 0.15) is 16.7 Å². The average molecular weight is 362 g/mol. The van der Waals surface area contributed by atoms with Gasteiger partial charge in [-0.3, -0.25) is 4.90 Å². The Labute approximate surface area is 160 Å². The summed E-state index contributed by atoms with van der Waals surface area (Å²) in [4.78, 5) is 2.34. The van der Waals surface area contributed by atoms with Gasteiger partial charge in [0.2, 0.25) is 0 Å². The first-order valence-corrected chi connectivity index (χ1v) is 9.55. The quantitative estimate of drug-likeness (QED) is 0.678. The number of aromatic nitrogens is 2. The van der Waals surface area contributed by atoms with E-state index in [1.54, 1.807) is 6.20 Å². The van der Waals surface area contributed by atoms with Gasteiger partial charge in [-0.1, -0.05) is 36.4 Å². The molecule has 1 aliphatic rings. The van der Waals surface area contributed by atoms with Crippen LogP contribution in [0, 0.1) is 0 Å². The SMILES string of the molecule is OC(CNCc1ccc(-n2cccn2)cc1)CN1CCc2ccccc2C1. The van der Waals surface area contributed by atoms with Crippen LogP contribution in [0.3, 0.4) is 0 Å². The third-order valence-corrected chi connectivity index (χ3v) is 5.09. The van der Waals surface area contributed by atoms with E-state index in [9.17, 15) is 5.11 Å². The number of nitrogens with one attached hydrogen (secondary N) is 1. The van der Waals surface area contributed by atoms with Gasteiger partial charge in [-0.25, -0.2) is 4.68 Å². The van der Waals surface area contributed by atoms with Crippen molar-refractivity contribution in [3.8, 4) is 5.69 Å². The molecule has 27 heavy (non-hydrogen) atoms. The Hall–Kier alpha value is -2.47. The molecule has 1 atom stereocenters. The van der Waals surface area contributed by atoms with Crippen LogP contribution in [-0.4, -0.2) is 45.5 Å². The van der Waals surface area contributed by atoms with Crippen molar-refractivity contribution in [2.24, 2.45) is 0 Å². The number of hydrogen-bond acceptors (Lipinski definition) is 4. The van der Waals surface area contributed by atoms with Gasteiger partial charge in [0, 0.05) is 45.1 Å². The highest BCUT2D eigenvalue weighted by molar-refractivity contribution is 5.33. The first-order valence-electron chi connectivity index (χ1n) is 9.55. The molecule has 5 heteroatoms. The van der Waals surface area contributed by atoms with E-state index >= 15 is 0 Å². The Morgan fingerprint density at radius 2 is 1.85 bits per heavy atom. The third kappa shape index (κ3) is 4.63. The largest absolute Gasteiger partial charge is 0.390 e. The summed E-state index contributed by atoms with van der Waals surface area (Å²) in [7, 11) is 0. The van der Waals surface area contributed by atoms with Crippen molar-refractivity contribution in [3.63, 3.8) is 0 Å². The molecular weight excluding hydrogens is 336 g/mol. The normalized spacial score (nSPS) is 15.4. The molecule has 5 nitrogen and oxygen atoms in total. The molecule has 0 radical (unpaired) electrons. The number of aliphatic hydroxyl groups is 1. The molecule has 2 heterocycles. The van der Waals surface area contributed by atoms with Gasteiger partial charge < -0.3 is 10.4 Å². The van der Waals surface area contributed by atoms with Gasteiger partial charge in [0.05, 0.1) is 11.8 Å². The Kier molecular flexibility index (Phi) is 5.63. The summed E-state index contributed by atoms with van der Waals surface area (Å²) >= 11 is 0. The summed E-state index contributed by atoms with van der Waals surface area (Å²) in [5, 5.41) is 18.0. The number of fused-ring (bicyclic) bond motifs is 1. The fourth-order valence-corrected chi connectivity index (χ4v) is 3.64.